The molecular formula is C15H16N6O4S2. The van der Waals surface area contributed by atoms with E-state index in [1.165, 1.54) is 24.3 Å². The molecule has 2 aromatic carbocycles. The molecule has 0 fully saturated rings. The van der Waals surface area contributed by atoms with Gasteiger partial charge in [-0.3, -0.25) is 5.10 Å². The number of nitrogens with zero attached hydrogens (tertiary/aromatic N) is 1. The fraction of sp³-hybridized carbons (Fsp3) is 0. The van der Waals surface area contributed by atoms with Crippen molar-refractivity contribution in [2.75, 3.05) is 10.6 Å². The smallest absolute Gasteiger partial charge is 0.238 e. The maximum absolute atomic E-state index is 11.4. The lowest BCUT2D eigenvalue weighted by Gasteiger charge is -2.05. The molecule has 3 rings (SSSR count). The van der Waals surface area contributed by atoms with Crippen molar-refractivity contribution in [2.24, 2.45) is 10.3 Å². The molecule has 0 amide bonds. The summed E-state index contributed by atoms with van der Waals surface area (Å²) in [7, 11) is -7.62. The molecule has 0 aliphatic rings. The van der Waals surface area contributed by atoms with Crippen LogP contribution in [0.3, 0.4) is 0 Å². The van der Waals surface area contributed by atoms with E-state index in [0.717, 1.165) is 0 Å². The third-order valence-corrected chi connectivity index (χ3v) is 5.28. The summed E-state index contributed by atoms with van der Waals surface area (Å²) in [5.41, 5.74) is 0.976. The van der Waals surface area contributed by atoms with Gasteiger partial charge in [-0.2, -0.15) is 5.10 Å². The Kier molecular flexibility index (Phi) is 4.89. The zero-order valence-electron chi connectivity index (χ0n) is 13.7. The molecule has 12 heteroatoms. The Morgan fingerprint density at radius 1 is 0.778 bits per heavy atom. The Labute approximate surface area is 155 Å². The topological polar surface area (TPSA) is 173 Å². The van der Waals surface area contributed by atoms with E-state index in [0.29, 0.717) is 23.0 Å². The first kappa shape index (κ1) is 18.8. The minimum Gasteiger partial charge on any atom is -0.341 e. The summed E-state index contributed by atoms with van der Waals surface area (Å²) in [5, 5.41) is 22.9. The number of nitrogens with two attached hydrogens (primary N) is 2. The highest BCUT2D eigenvalue weighted by molar-refractivity contribution is 7.89. The molecule has 27 heavy (non-hydrogen) atoms. The lowest BCUT2D eigenvalue weighted by molar-refractivity contribution is 0.596. The van der Waals surface area contributed by atoms with E-state index >= 15 is 0 Å². The Morgan fingerprint density at radius 2 is 1.30 bits per heavy atom. The molecule has 1 heterocycles. The number of aromatic amines is 1. The van der Waals surface area contributed by atoms with Gasteiger partial charge >= 0.3 is 0 Å². The molecule has 0 bridgehead atoms. The molecule has 0 spiro atoms. The second kappa shape index (κ2) is 7.00. The van der Waals surface area contributed by atoms with Crippen LogP contribution in [0.5, 0.6) is 0 Å². The molecule has 0 saturated carbocycles. The maximum Gasteiger partial charge on any atom is 0.238 e. The van der Waals surface area contributed by atoms with Gasteiger partial charge in [-0.05, 0) is 36.4 Å². The van der Waals surface area contributed by atoms with Crippen molar-refractivity contribution in [2.45, 2.75) is 9.79 Å². The number of rotatable bonds is 6. The van der Waals surface area contributed by atoms with Crippen molar-refractivity contribution in [3.63, 3.8) is 0 Å². The van der Waals surface area contributed by atoms with Crippen LogP contribution in [0.25, 0.3) is 0 Å². The Balaban J connectivity index is 1.76. The second-order valence-corrected chi connectivity index (χ2v) is 8.69. The van der Waals surface area contributed by atoms with Gasteiger partial charge in [0, 0.05) is 17.4 Å². The highest BCUT2D eigenvalue weighted by Gasteiger charge is 2.10. The van der Waals surface area contributed by atoms with E-state index < -0.39 is 20.0 Å². The van der Waals surface area contributed by atoms with Crippen LogP contribution in [-0.4, -0.2) is 27.0 Å². The van der Waals surface area contributed by atoms with Gasteiger partial charge in [-0.1, -0.05) is 12.1 Å². The molecule has 7 N–H and O–H groups in total. The van der Waals surface area contributed by atoms with Gasteiger partial charge in [-0.25, -0.2) is 27.1 Å². The van der Waals surface area contributed by atoms with Gasteiger partial charge < -0.3 is 10.6 Å². The molecule has 3 aromatic rings. The van der Waals surface area contributed by atoms with E-state index in [-0.39, 0.29) is 9.79 Å². The van der Waals surface area contributed by atoms with E-state index in [9.17, 15) is 16.8 Å². The molecule has 142 valence electrons. The van der Waals surface area contributed by atoms with E-state index in [1.54, 1.807) is 30.3 Å². The maximum atomic E-state index is 11.4. The minimum absolute atomic E-state index is 0.0230. The third kappa shape index (κ3) is 4.83. The van der Waals surface area contributed by atoms with Crippen molar-refractivity contribution >= 4 is 43.1 Å². The quantitative estimate of drug-likeness (QED) is 0.407. The van der Waals surface area contributed by atoms with Crippen LogP contribution in [0.2, 0.25) is 0 Å². The zero-order valence-corrected chi connectivity index (χ0v) is 15.4. The highest BCUT2D eigenvalue weighted by Crippen LogP contribution is 2.22. The Morgan fingerprint density at radius 3 is 1.81 bits per heavy atom. The summed E-state index contributed by atoms with van der Waals surface area (Å²) in [6.07, 6.45) is 0. The predicted molar refractivity (Wildman–Crippen MR) is 101 cm³/mol. The number of nitrogens with one attached hydrogen (secondary N) is 3. The molecule has 0 saturated heterocycles. The van der Waals surface area contributed by atoms with Crippen LogP contribution < -0.4 is 20.9 Å². The summed E-state index contributed by atoms with van der Waals surface area (Å²) in [5.74, 6) is 0.887. The molecule has 0 unspecified atom stereocenters. The van der Waals surface area contributed by atoms with Gasteiger partial charge in [0.2, 0.25) is 20.0 Å². The molecule has 10 nitrogen and oxygen atoms in total. The molecule has 0 atom stereocenters. The summed E-state index contributed by atoms with van der Waals surface area (Å²) in [6, 6.07) is 13.6. The van der Waals surface area contributed by atoms with Crippen molar-refractivity contribution in [3.8, 4) is 0 Å². The van der Waals surface area contributed by atoms with Crippen LogP contribution in [0.1, 0.15) is 0 Å². The van der Waals surface area contributed by atoms with Crippen LogP contribution in [0, 0.1) is 0 Å². The fourth-order valence-corrected chi connectivity index (χ4v) is 3.37. The largest absolute Gasteiger partial charge is 0.341 e. The molecule has 0 aliphatic heterocycles. The minimum atomic E-state index is -3.81. The average Bonchev–Trinajstić information content (AvgIpc) is 3.01. The highest BCUT2D eigenvalue weighted by atomic mass is 32.2. The summed E-state index contributed by atoms with van der Waals surface area (Å²) >= 11 is 0. The number of benzene rings is 2. The lowest BCUT2D eigenvalue weighted by atomic mass is 10.3. The number of H-pyrrole nitrogens is 1. The Hall–Kier alpha value is -2.93. The fourth-order valence-electron chi connectivity index (χ4n) is 2.25. The molecule has 1 aromatic heterocycles. The zero-order chi connectivity index (χ0) is 19.7. The average molecular weight is 408 g/mol. The van der Waals surface area contributed by atoms with Crippen molar-refractivity contribution in [1.82, 2.24) is 10.2 Å². The molecular weight excluding hydrogens is 392 g/mol. The number of anilines is 4. The first-order chi connectivity index (χ1) is 12.6. The van der Waals surface area contributed by atoms with Crippen molar-refractivity contribution in [1.29, 1.82) is 0 Å². The van der Waals surface area contributed by atoms with Crippen molar-refractivity contribution < 1.29 is 16.8 Å². The van der Waals surface area contributed by atoms with E-state index in [2.05, 4.69) is 20.8 Å². The molecule has 0 aliphatic carbocycles. The predicted octanol–water partition coefficient (Wildman–Crippen LogP) is 1.19. The van der Waals surface area contributed by atoms with Crippen LogP contribution >= 0.6 is 0 Å². The number of hydrogen-bond donors (Lipinski definition) is 5. The van der Waals surface area contributed by atoms with E-state index in [4.69, 9.17) is 10.3 Å². The van der Waals surface area contributed by atoms with Gasteiger partial charge in [0.1, 0.15) is 5.82 Å². The first-order valence-corrected chi connectivity index (χ1v) is 10.6. The van der Waals surface area contributed by atoms with Gasteiger partial charge in [0.15, 0.2) is 5.82 Å². The van der Waals surface area contributed by atoms with Crippen LogP contribution in [0.15, 0.2) is 64.4 Å². The van der Waals surface area contributed by atoms with Gasteiger partial charge in [-0.15, -0.1) is 0 Å². The SMILES string of the molecule is NS(=O)(=O)c1cccc(Nc2cc(Nc3cccc(S(N)(=O)=O)c3)[nH]n2)c1. The lowest BCUT2D eigenvalue weighted by Crippen LogP contribution is -2.12. The summed E-state index contributed by atoms with van der Waals surface area (Å²) in [4.78, 5) is -0.0497. The number of sulfonamides is 2. The van der Waals surface area contributed by atoms with Crippen molar-refractivity contribution in [3.05, 3.63) is 54.6 Å². The normalized spacial score (nSPS) is 11.9. The summed E-state index contributed by atoms with van der Waals surface area (Å²) < 4.78 is 45.6. The van der Waals surface area contributed by atoms with Crippen LogP contribution in [-0.2, 0) is 20.0 Å². The van der Waals surface area contributed by atoms with Crippen LogP contribution in [0.4, 0.5) is 23.0 Å². The molecule has 0 radical (unpaired) electrons. The number of primary sulfonamides is 2. The second-order valence-electron chi connectivity index (χ2n) is 5.56. The monoisotopic (exact) mass is 408 g/mol. The van der Waals surface area contributed by atoms with Gasteiger partial charge in [0.25, 0.3) is 0 Å². The summed E-state index contributed by atoms with van der Waals surface area (Å²) in [6.45, 7) is 0. The third-order valence-electron chi connectivity index (χ3n) is 3.45. The van der Waals surface area contributed by atoms with Gasteiger partial charge in [0.05, 0.1) is 9.79 Å². The number of aromatic nitrogens is 2. The first-order valence-electron chi connectivity index (χ1n) is 7.46. The van der Waals surface area contributed by atoms with E-state index in [1.807, 2.05) is 0 Å². The Bertz CT molecular complexity index is 1100. The standard InChI is InChI=1S/C15H16N6O4S2/c16-26(22,23)12-5-1-3-10(7-12)18-14-9-15(21-20-14)19-11-4-2-6-13(8-11)27(17,24)25/h1-9H,(H2,16,22,23)(H2,17,24,25)(H3,18,19,20,21). The number of hydrogen-bond acceptors (Lipinski definition) is 7.